The van der Waals surface area contributed by atoms with Crippen molar-refractivity contribution in [1.82, 2.24) is 9.97 Å². The molecule has 3 aromatic heterocycles. The van der Waals surface area contributed by atoms with Gasteiger partial charge in [-0.1, -0.05) is 11.3 Å². The lowest BCUT2D eigenvalue weighted by atomic mass is 9.90. The maximum absolute atomic E-state index is 5.59. The van der Waals surface area contributed by atoms with Crippen molar-refractivity contribution in [3.05, 3.63) is 17.5 Å². The lowest BCUT2D eigenvalue weighted by Gasteiger charge is -2.25. The zero-order valence-corrected chi connectivity index (χ0v) is 18.1. The molecule has 0 atom stereocenters. The van der Waals surface area contributed by atoms with E-state index in [4.69, 9.17) is 9.72 Å². The number of nitrogens with one attached hydrogen (secondary N) is 3. The highest BCUT2D eigenvalue weighted by atomic mass is 32.1. The summed E-state index contributed by atoms with van der Waals surface area (Å²) in [5.41, 5.74) is 4.09. The summed E-state index contributed by atoms with van der Waals surface area (Å²) in [7, 11) is 4.34. The van der Waals surface area contributed by atoms with E-state index in [2.05, 4.69) is 34.3 Å². The summed E-state index contributed by atoms with van der Waals surface area (Å²) in [5, 5.41) is 4.86. The molecule has 1 aliphatic carbocycles. The number of aromatic nitrogens is 3. The summed E-state index contributed by atoms with van der Waals surface area (Å²) in [6, 6.07) is 0. The predicted octanol–water partition coefficient (Wildman–Crippen LogP) is 0.930. The number of fused-ring (bicyclic) bond motifs is 5. The molecule has 0 aromatic carbocycles. The Balaban J connectivity index is 1.64. The van der Waals surface area contributed by atoms with E-state index in [1.54, 1.807) is 17.7 Å². The number of hydrogen-bond acceptors (Lipinski definition) is 6. The molecule has 2 aliphatic rings. The SMILES string of the molecule is C[NH+](C)CCNc1ncnc2c1sc1[nH+]c(N3CCOCC3)c3c(c12)CCCC3. The van der Waals surface area contributed by atoms with Gasteiger partial charge in [0.05, 0.1) is 51.3 Å². The van der Waals surface area contributed by atoms with Crippen LogP contribution in [0.15, 0.2) is 6.33 Å². The van der Waals surface area contributed by atoms with Crippen LogP contribution in [0.5, 0.6) is 0 Å². The Kier molecular flexibility index (Phi) is 5.24. The first kappa shape index (κ1) is 19.0. The molecule has 7 nitrogen and oxygen atoms in total. The Hall–Kier alpha value is -2.03. The largest absolute Gasteiger partial charge is 0.373 e. The van der Waals surface area contributed by atoms with E-state index in [1.165, 1.54) is 49.6 Å². The van der Waals surface area contributed by atoms with Crippen molar-refractivity contribution in [2.45, 2.75) is 25.7 Å². The summed E-state index contributed by atoms with van der Waals surface area (Å²) in [4.78, 5) is 18.2. The minimum Gasteiger partial charge on any atom is -0.373 e. The topological polar surface area (TPSA) is 68.9 Å². The third-order valence-corrected chi connectivity index (χ3v) is 7.11. The van der Waals surface area contributed by atoms with Crippen molar-refractivity contribution in [2.24, 2.45) is 0 Å². The highest BCUT2D eigenvalue weighted by Crippen LogP contribution is 2.40. The summed E-state index contributed by atoms with van der Waals surface area (Å²) in [6.07, 6.45) is 6.52. The van der Waals surface area contributed by atoms with E-state index in [9.17, 15) is 0 Å². The number of rotatable bonds is 5. The van der Waals surface area contributed by atoms with Crippen LogP contribution >= 0.6 is 11.3 Å². The van der Waals surface area contributed by atoms with Crippen molar-refractivity contribution < 1.29 is 14.6 Å². The second-order valence-corrected chi connectivity index (χ2v) is 9.35. The molecule has 8 heteroatoms. The van der Waals surface area contributed by atoms with Gasteiger partial charge in [-0.15, -0.1) is 0 Å². The molecule has 0 bridgehead atoms. The molecule has 1 fully saturated rings. The van der Waals surface area contributed by atoms with E-state index in [1.807, 2.05) is 0 Å². The van der Waals surface area contributed by atoms with E-state index in [0.717, 1.165) is 63.6 Å². The number of quaternary nitrogens is 1. The number of aryl methyl sites for hydroxylation is 1. The highest BCUT2D eigenvalue weighted by molar-refractivity contribution is 7.25. The van der Waals surface area contributed by atoms with Crippen LogP contribution in [0.1, 0.15) is 24.0 Å². The lowest BCUT2D eigenvalue weighted by Crippen LogP contribution is -3.06. The molecule has 0 spiro atoms. The number of H-pyrrole nitrogens is 1. The quantitative estimate of drug-likeness (QED) is 0.650. The number of pyridine rings is 1. The van der Waals surface area contributed by atoms with E-state index >= 15 is 0 Å². The average molecular weight is 415 g/mol. The van der Waals surface area contributed by atoms with Crippen LogP contribution in [0, 0.1) is 0 Å². The maximum Gasteiger partial charge on any atom is 0.279 e. The molecule has 29 heavy (non-hydrogen) atoms. The van der Waals surface area contributed by atoms with Crippen LogP contribution < -0.4 is 20.1 Å². The monoisotopic (exact) mass is 414 g/mol. The summed E-state index contributed by atoms with van der Waals surface area (Å²) in [6.45, 7) is 5.49. The van der Waals surface area contributed by atoms with Gasteiger partial charge in [0.2, 0.25) is 0 Å². The van der Waals surface area contributed by atoms with Gasteiger partial charge < -0.3 is 15.0 Å². The number of thiophene rings is 1. The normalized spacial score (nSPS) is 17.3. The highest BCUT2D eigenvalue weighted by Gasteiger charge is 2.30. The number of aromatic amines is 1. The molecular weight excluding hydrogens is 384 g/mol. The molecule has 0 radical (unpaired) electrons. The van der Waals surface area contributed by atoms with Crippen LogP contribution in [0.4, 0.5) is 11.6 Å². The van der Waals surface area contributed by atoms with Gasteiger partial charge in [0, 0.05) is 5.56 Å². The van der Waals surface area contributed by atoms with Crippen LogP contribution in [0.2, 0.25) is 0 Å². The number of likely N-dealkylation sites (N-methyl/N-ethyl adjacent to an activating group) is 1. The van der Waals surface area contributed by atoms with Crippen LogP contribution in [-0.4, -0.2) is 63.5 Å². The number of ether oxygens (including phenoxy) is 1. The Morgan fingerprint density at radius 1 is 1.17 bits per heavy atom. The Bertz CT molecular complexity index is 1030. The van der Waals surface area contributed by atoms with E-state index < -0.39 is 0 Å². The molecule has 1 aliphatic heterocycles. The van der Waals surface area contributed by atoms with Gasteiger partial charge in [0.1, 0.15) is 29.9 Å². The van der Waals surface area contributed by atoms with Gasteiger partial charge in [0.15, 0.2) is 4.83 Å². The molecule has 1 saturated heterocycles. The van der Waals surface area contributed by atoms with E-state index in [-0.39, 0.29) is 0 Å². The standard InChI is InChI=1S/C21H28N6OS/c1-26(2)8-7-22-19-18-17(23-13-24-19)16-14-5-3-4-6-15(14)20(25-21(16)29-18)27-9-11-28-12-10-27/h13H,3-12H2,1-2H3,(H,22,23,24)/p+2. The van der Waals surface area contributed by atoms with Crippen molar-refractivity contribution in [2.75, 3.05) is 63.7 Å². The molecule has 4 heterocycles. The fraction of sp³-hybridized carbons (Fsp3) is 0.571. The fourth-order valence-corrected chi connectivity index (χ4v) is 5.66. The Morgan fingerprint density at radius 3 is 2.76 bits per heavy atom. The van der Waals surface area contributed by atoms with Crippen molar-refractivity contribution >= 4 is 43.4 Å². The molecule has 3 aromatic rings. The van der Waals surface area contributed by atoms with Crippen LogP contribution in [0.25, 0.3) is 20.4 Å². The van der Waals surface area contributed by atoms with Gasteiger partial charge >= 0.3 is 0 Å². The molecule has 5 rings (SSSR count). The third-order valence-electron chi connectivity index (χ3n) is 6.00. The second-order valence-electron chi connectivity index (χ2n) is 8.33. The Morgan fingerprint density at radius 2 is 1.97 bits per heavy atom. The van der Waals surface area contributed by atoms with Crippen LogP contribution in [-0.2, 0) is 17.6 Å². The Labute approximate surface area is 175 Å². The first-order valence-corrected chi connectivity index (χ1v) is 11.5. The van der Waals surface area contributed by atoms with Crippen molar-refractivity contribution in [3.63, 3.8) is 0 Å². The maximum atomic E-state index is 5.59. The average Bonchev–Trinajstić information content (AvgIpc) is 3.13. The van der Waals surface area contributed by atoms with E-state index in [0.29, 0.717) is 0 Å². The van der Waals surface area contributed by atoms with Gasteiger partial charge in [-0.05, 0) is 31.2 Å². The first-order chi connectivity index (χ1) is 14.2. The summed E-state index contributed by atoms with van der Waals surface area (Å²) in [5.74, 6) is 2.27. The first-order valence-electron chi connectivity index (χ1n) is 10.7. The summed E-state index contributed by atoms with van der Waals surface area (Å²) < 4.78 is 6.76. The molecule has 0 unspecified atom stereocenters. The van der Waals surface area contributed by atoms with Gasteiger partial charge in [0.25, 0.3) is 5.82 Å². The molecular formula is C21H30N6OS+2. The molecule has 0 amide bonds. The zero-order chi connectivity index (χ0) is 19.8. The molecule has 3 N–H and O–H groups in total. The van der Waals surface area contributed by atoms with Crippen molar-refractivity contribution in [1.29, 1.82) is 0 Å². The third kappa shape index (κ3) is 3.53. The number of hydrogen-bond donors (Lipinski definition) is 2. The summed E-state index contributed by atoms with van der Waals surface area (Å²) >= 11 is 1.79. The lowest BCUT2D eigenvalue weighted by molar-refractivity contribution is -0.856. The van der Waals surface area contributed by atoms with Crippen LogP contribution in [0.3, 0.4) is 0 Å². The zero-order valence-electron chi connectivity index (χ0n) is 17.3. The smallest absolute Gasteiger partial charge is 0.279 e. The van der Waals surface area contributed by atoms with Gasteiger partial charge in [-0.25, -0.2) is 15.0 Å². The predicted molar refractivity (Wildman–Crippen MR) is 117 cm³/mol. The molecule has 0 saturated carbocycles. The van der Waals surface area contributed by atoms with Gasteiger partial charge in [-0.2, -0.15) is 0 Å². The number of anilines is 2. The van der Waals surface area contributed by atoms with Gasteiger partial charge in [-0.3, -0.25) is 4.90 Å². The minimum atomic E-state index is 0.806. The minimum absolute atomic E-state index is 0.806. The van der Waals surface area contributed by atoms with Crippen molar-refractivity contribution in [3.8, 4) is 0 Å². The molecule has 154 valence electrons. The number of nitrogens with zero attached hydrogens (tertiary/aromatic N) is 3. The second kappa shape index (κ2) is 8.01. The number of morpholine rings is 1. The fourth-order valence-electron chi connectivity index (χ4n) is 4.52.